The zero-order valence-electron chi connectivity index (χ0n) is 15.4. The fraction of sp³-hybridized carbons (Fsp3) is 0.381. The fourth-order valence-electron chi connectivity index (χ4n) is 3.45. The van der Waals surface area contributed by atoms with Crippen LogP contribution in [0.25, 0.3) is 0 Å². The second-order valence-electron chi connectivity index (χ2n) is 6.49. The van der Waals surface area contributed by atoms with Crippen molar-refractivity contribution in [2.45, 2.75) is 18.9 Å². The Bertz CT molecular complexity index is 727. The van der Waals surface area contributed by atoms with E-state index in [2.05, 4.69) is 22.3 Å². The third-order valence-corrected chi connectivity index (χ3v) is 4.79. The summed E-state index contributed by atoms with van der Waals surface area (Å²) >= 11 is 0. The molecule has 2 aromatic carbocycles. The van der Waals surface area contributed by atoms with Gasteiger partial charge >= 0.3 is 0 Å². The van der Waals surface area contributed by atoms with E-state index in [1.54, 1.807) is 32.4 Å². The standard InChI is InChI=1S/C21H26N2O3/c1-25-19-12-8-11-17(20(19)26-2)21(24)22-18(15-23-13-6-7-14-23)16-9-4-3-5-10-16/h3-5,8-12,18H,6-7,13-15H2,1-2H3,(H,22,24). The largest absolute Gasteiger partial charge is 0.493 e. The smallest absolute Gasteiger partial charge is 0.255 e. The van der Waals surface area contributed by atoms with Gasteiger partial charge in [-0.25, -0.2) is 0 Å². The number of carbonyl (C=O) groups excluding carboxylic acids is 1. The molecule has 138 valence electrons. The SMILES string of the molecule is COc1cccc(C(=O)NC(CN2CCCC2)c2ccccc2)c1OC. The summed E-state index contributed by atoms with van der Waals surface area (Å²) in [5, 5.41) is 3.19. The van der Waals surface area contributed by atoms with Crippen molar-refractivity contribution >= 4 is 5.91 Å². The maximum atomic E-state index is 13.0. The molecule has 1 aliphatic heterocycles. The Labute approximate surface area is 154 Å². The Kier molecular flexibility index (Phi) is 6.12. The van der Waals surface area contributed by atoms with Crippen LogP contribution < -0.4 is 14.8 Å². The van der Waals surface area contributed by atoms with E-state index in [0.717, 1.165) is 25.2 Å². The van der Waals surface area contributed by atoms with Crippen molar-refractivity contribution in [2.75, 3.05) is 33.9 Å². The number of hydrogen-bond acceptors (Lipinski definition) is 4. The summed E-state index contributed by atoms with van der Waals surface area (Å²) in [5.41, 5.74) is 1.59. The van der Waals surface area contributed by atoms with E-state index in [1.165, 1.54) is 12.8 Å². The molecule has 5 nitrogen and oxygen atoms in total. The topological polar surface area (TPSA) is 50.8 Å². The summed E-state index contributed by atoms with van der Waals surface area (Å²) < 4.78 is 10.7. The van der Waals surface area contributed by atoms with Crippen LogP contribution in [-0.2, 0) is 0 Å². The summed E-state index contributed by atoms with van der Waals surface area (Å²) in [5.74, 6) is 0.852. The molecule has 1 unspecified atom stereocenters. The van der Waals surface area contributed by atoms with Crippen molar-refractivity contribution in [3.05, 3.63) is 59.7 Å². The fourth-order valence-corrected chi connectivity index (χ4v) is 3.45. The highest BCUT2D eigenvalue weighted by atomic mass is 16.5. The lowest BCUT2D eigenvalue weighted by molar-refractivity contribution is 0.0923. The van der Waals surface area contributed by atoms with Crippen LogP contribution in [0.5, 0.6) is 11.5 Å². The van der Waals surface area contributed by atoms with E-state index in [9.17, 15) is 4.79 Å². The van der Waals surface area contributed by atoms with Crippen LogP contribution in [0.4, 0.5) is 0 Å². The minimum absolute atomic E-state index is 0.0716. The zero-order chi connectivity index (χ0) is 18.4. The number of likely N-dealkylation sites (tertiary alicyclic amines) is 1. The minimum atomic E-state index is -0.159. The van der Waals surface area contributed by atoms with Crippen LogP contribution in [0.2, 0.25) is 0 Å². The first-order chi connectivity index (χ1) is 12.7. The van der Waals surface area contributed by atoms with Crippen LogP contribution in [-0.4, -0.2) is 44.7 Å². The molecule has 26 heavy (non-hydrogen) atoms. The molecule has 2 aromatic rings. The van der Waals surface area contributed by atoms with E-state index in [0.29, 0.717) is 17.1 Å². The van der Waals surface area contributed by atoms with Gasteiger partial charge in [0.2, 0.25) is 0 Å². The van der Waals surface area contributed by atoms with Crippen molar-refractivity contribution in [2.24, 2.45) is 0 Å². The summed E-state index contributed by atoms with van der Waals surface area (Å²) in [6.07, 6.45) is 2.44. The van der Waals surface area contributed by atoms with Gasteiger partial charge in [0.05, 0.1) is 25.8 Å². The average molecular weight is 354 g/mol. The number of ether oxygens (including phenoxy) is 2. The molecule has 1 heterocycles. The number of hydrogen-bond donors (Lipinski definition) is 1. The highest BCUT2D eigenvalue weighted by molar-refractivity contribution is 5.98. The van der Waals surface area contributed by atoms with Gasteiger partial charge in [0.15, 0.2) is 11.5 Å². The van der Waals surface area contributed by atoms with Crippen molar-refractivity contribution < 1.29 is 14.3 Å². The Morgan fingerprint density at radius 2 is 1.77 bits per heavy atom. The predicted molar refractivity (Wildman–Crippen MR) is 102 cm³/mol. The number of amides is 1. The molecule has 0 spiro atoms. The molecule has 3 rings (SSSR count). The molecule has 5 heteroatoms. The minimum Gasteiger partial charge on any atom is -0.493 e. The van der Waals surface area contributed by atoms with E-state index >= 15 is 0 Å². The third kappa shape index (κ3) is 4.17. The van der Waals surface area contributed by atoms with Gasteiger partial charge in [-0.15, -0.1) is 0 Å². The second-order valence-corrected chi connectivity index (χ2v) is 6.49. The lowest BCUT2D eigenvalue weighted by Gasteiger charge is -2.25. The molecule has 0 bridgehead atoms. The van der Waals surface area contributed by atoms with Crippen molar-refractivity contribution in [1.29, 1.82) is 0 Å². The number of nitrogens with one attached hydrogen (secondary N) is 1. The molecule has 1 saturated heterocycles. The molecule has 0 saturated carbocycles. The predicted octanol–water partition coefficient (Wildman–Crippen LogP) is 3.27. The molecule has 1 amide bonds. The van der Waals surface area contributed by atoms with Crippen LogP contribution in [0.15, 0.2) is 48.5 Å². The van der Waals surface area contributed by atoms with E-state index in [4.69, 9.17) is 9.47 Å². The van der Waals surface area contributed by atoms with Crippen LogP contribution in [0, 0.1) is 0 Å². The van der Waals surface area contributed by atoms with E-state index < -0.39 is 0 Å². The maximum Gasteiger partial charge on any atom is 0.255 e. The molecule has 1 aliphatic rings. The monoisotopic (exact) mass is 354 g/mol. The van der Waals surface area contributed by atoms with Crippen LogP contribution >= 0.6 is 0 Å². The lowest BCUT2D eigenvalue weighted by atomic mass is 10.1. The van der Waals surface area contributed by atoms with Gasteiger partial charge in [-0.1, -0.05) is 36.4 Å². The van der Waals surface area contributed by atoms with Gasteiger partial charge in [0.25, 0.3) is 5.91 Å². The first-order valence-electron chi connectivity index (χ1n) is 9.02. The Balaban J connectivity index is 1.83. The molecule has 1 fully saturated rings. The number of para-hydroxylation sites is 1. The first kappa shape index (κ1) is 18.3. The molecular weight excluding hydrogens is 328 g/mol. The highest BCUT2D eigenvalue weighted by Crippen LogP contribution is 2.31. The van der Waals surface area contributed by atoms with Gasteiger partial charge in [-0.3, -0.25) is 4.79 Å². The molecule has 1 N–H and O–H groups in total. The van der Waals surface area contributed by atoms with Gasteiger partial charge in [-0.2, -0.15) is 0 Å². The molecule has 0 aliphatic carbocycles. The summed E-state index contributed by atoms with van der Waals surface area (Å²) in [4.78, 5) is 15.4. The normalized spacial score (nSPS) is 15.5. The van der Waals surface area contributed by atoms with Gasteiger partial charge in [0, 0.05) is 6.54 Å². The highest BCUT2D eigenvalue weighted by Gasteiger charge is 2.23. The molecule has 1 atom stereocenters. The first-order valence-corrected chi connectivity index (χ1v) is 9.02. The number of methoxy groups -OCH3 is 2. The second kappa shape index (κ2) is 8.72. The maximum absolute atomic E-state index is 13.0. The number of rotatable bonds is 7. The lowest BCUT2D eigenvalue weighted by Crippen LogP contribution is -2.37. The van der Waals surface area contributed by atoms with Gasteiger partial charge in [-0.05, 0) is 43.6 Å². The Hall–Kier alpha value is -2.53. The van der Waals surface area contributed by atoms with Crippen molar-refractivity contribution in [3.63, 3.8) is 0 Å². The summed E-state index contributed by atoms with van der Waals surface area (Å²) in [6.45, 7) is 2.98. The van der Waals surface area contributed by atoms with Crippen LogP contribution in [0.3, 0.4) is 0 Å². The molecule has 0 aromatic heterocycles. The van der Waals surface area contributed by atoms with Gasteiger partial charge in [0.1, 0.15) is 0 Å². The molecule has 0 radical (unpaired) electrons. The Morgan fingerprint density at radius 3 is 2.42 bits per heavy atom. The summed E-state index contributed by atoms with van der Waals surface area (Å²) in [7, 11) is 3.12. The average Bonchev–Trinajstić information content (AvgIpc) is 3.20. The van der Waals surface area contributed by atoms with E-state index in [-0.39, 0.29) is 11.9 Å². The number of carbonyl (C=O) groups is 1. The number of nitrogens with zero attached hydrogens (tertiary/aromatic N) is 1. The van der Waals surface area contributed by atoms with Gasteiger partial charge < -0.3 is 19.7 Å². The van der Waals surface area contributed by atoms with E-state index in [1.807, 2.05) is 18.2 Å². The molecular formula is C21H26N2O3. The third-order valence-electron chi connectivity index (χ3n) is 4.79. The van der Waals surface area contributed by atoms with Crippen molar-refractivity contribution in [1.82, 2.24) is 10.2 Å². The summed E-state index contributed by atoms with van der Waals surface area (Å²) in [6, 6.07) is 15.4. The van der Waals surface area contributed by atoms with Crippen LogP contribution in [0.1, 0.15) is 34.8 Å². The quantitative estimate of drug-likeness (QED) is 0.829. The zero-order valence-corrected chi connectivity index (χ0v) is 15.4. The van der Waals surface area contributed by atoms with Crippen molar-refractivity contribution in [3.8, 4) is 11.5 Å². The number of benzene rings is 2. The Morgan fingerprint density at radius 1 is 1.04 bits per heavy atom.